The van der Waals surface area contributed by atoms with E-state index in [1.54, 1.807) is 42.6 Å². The summed E-state index contributed by atoms with van der Waals surface area (Å²) >= 11 is 0. The Morgan fingerprint density at radius 2 is 1.82 bits per heavy atom. The summed E-state index contributed by atoms with van der Waals surface area (Å²) in [6.45, 7) is 0.312. The van der Waals surface area contributed by atoms with Crippen LogP contribution < -0.4 is 16.6 Å². The first-order valence-corrected chi connectivity index (χ1v) is 13.6. The molecule has 11 nitrogen and oxygen atoms in total. The Morgan fingerprint density at radius 3 is 2.56 bits per heavy atom. The highest BCUT2D eigenvalue weighted by molar-refractivity contribution is 7.91. The van der Waals surface area contributed by atoms with Crippen LogP contribution in [0.2, 0.25) is 0 Å². The number of sulfone groups is 1. The summed E-state index contributed by atoms with van der Waals surface area (Å²) in [7, 11) is -3.66. The van der Waals surface area contributed by atoms with Gasteiger partial charge >= 0.3 is 0 Å². The van der Waals surface area contributed by atoms with Gasteiger partial charge in [-0.1, -0.05) is 30.2 Å². The fraction of sp³-hybridized carbons (Fsp3) is 0.111. The lowest BCUT2D eigenvalue weighted by atomic mass is 10.2. The molecule has 0 atom stereocenters. The lowest BCUT2D eigenvalue weighted by molar-refractivity contribution is 0.602. The number of benzene rings is 2. The van der Waals surface area contributed by atoms with Gasteiger partial charge in [0.05, 0.1) is 27.7 Å². The van der Waals surface area contributed by atoms with Gasteiger partial charge in [0.2, 0.25) is 0 Å². The van der Waals surface area contributed by atoms with Gasteiger partial charge in [0.1, 0.15) is 35.0 Å². The predicted molar refractivity (Wildman–Crippen MR) is 147 cm³/mol. The third-order valence-electron chi connectivity index (χ3n) is 5.74. The van der Waals surface area contributed by atoms with E-state index in [9.17, 15) is 13.2 Å². The first-order valence-electron chi connectivity index (χ1n) is 11.8. The van der Waals surface area contributed by atoms with Crippen molar-refractivity contribution in [2.75, 3.05) is 23.9 Å². The van der Waals surface area contributed by atoms with E-state index in [2.05, 4.69) is 37.1 Å². The van der Waals surface area contributed by atoms with Gasteiger partial charge in [-0.2, -0.15) is 0 Å². The van der Waals surface area contributed by atoms with E-state index in [0.717, 1.165) is 6.26 Å². The zero-order chi connectivity index (χ0) is 27.4. The van der Waals surface area contributed by atoms with Crippen molar-refractivity contribution < 1.29 is 8.42 Å². The first-order chi connectivity index (χ1) is 18.8. The highest BCUT2D eigenvalue weighted by Gasteiger charge is 2.20. The second kappa shape index (κ2) is 10.7. The zero-order valence-corrected chi connectivity index (χ0v) is 21.6. The van der Waals surface area contributed by atoms with E-state index >= 15 is 0 Å². The minimum Gasteiger partial charge on any atom is -0.382 e. The van der Waals surface area contributed by atoms with E-state index < -0.39 is 15.4 Å². The van der Waals surface area contributed by atoms with Crippen molar-refractivity contribution in [3.63, 3.8) is 0 Å². The molecule has 0 amide bonds. The summed E-state index contributed by atoms with van der Waals surface area (Å²) in [4.78, 5) is 34.8. The maximum Gasteiger partial charge on any atom is 0.267 e. The van der Waals surface area contributed by atoms with Crippen LogP contribution in [-0.4, -0.2) is 50.7 Å². The standard InChI is InChI=1S/C27H22N8O3S/c1-39(37,38)22-9-5-8-21-24(22)27(36)35(19-6-3-2-4-7-19)23(34-21)12-13-31-26-20(25(28)32-17-33-26)11-10-18-16-29-14-15-30-18/h2-9,14-17H,12-13H2,1H3,(H3,28,31,32,33). The number of nitrogens with two attached hydrogens (primary N) is 1. The summed E-state index contributed by atoms with van der Waals surface area (Å²) in [6.07, 6.45) is 7.32. The van der Waals surface area contributed by atoms with Gasteiger partial charge in [-0.25, -0.2) is 28.4 Å². The molecule has 5 aromatic rings. The molecule has 0 fully saturated rings. The van der Waals surface area contributed by atoms with E-state index in [1.165, 1.54) is 29.4 Å². The smallest absolute Gasteiger partial charge is 0.267 e. The third-order valence-corrected chi connectivity index (χ3v) is 6.88. The molecule has 3 heterocycles. The number of rotatable bonds is 6. The molecule has 3 aromatic heterocycles. The van der Waals surface area contributed by atoms with Crippen molar-refractivity contribution in [1.82, 2.24) is 29.5 Å². The summed E-state index contributed by atoms with van der Waals surface area (Å²) in [5, 5.41) is 3.25. The topological polar surface area (TPSA) is 159 Å². The van der Waals surface area contributed by atoms with Crippen LogP contribution in [0.3, 0.4) is 0 Å². The Bertz CT molecular complexity index is 1900. The van der Waals surface area contributed by atoms with Crippen LogP contribution in [0.5, 0.6) is 0 Å². The van der Waals surface area contributed by atoms with Gasteiger partial charge in [0, 0.05) is 31.6 Å². The maximum absolute atomic E-state index is 13.7. The number of hydrogen-bond donors (Lipinski definition) is 2. The summed E-state index contributed by atoms with van der Waals surface area (Å²) < 4.78 is 26.3. The lowest BCUT2D eigenvalue weighted by Gasteiger charge is -2.15. The van der Waals surface area contributed by atoms with Crippen LogP contribution in [0, 0.1) is 11.8 Å². The molecule has 3 N–H and O–H groups in total. The van der Waals surface area contributed by atoms with Crippen molar-refractivity contribution in [2.45, 2.75) is 11.3 Å². The molecule has 39 heavy (non-hydrogen) atoms. The van der Waals surface area contributed by atoms with E-state index in [0.29, 0.717) is 47.1 Å². The summed E-state index contributed by atoms with van der Waals surface area (Å²) in [5.41, 5.74) is 7.32. The summed E-state index contributed by atoms with van der Waals surface area (Å²) in [5.74, 6) is 6.88. The van der Waals surface area contributed by atoms with Crippen molar-refractivity contribution in [3.05, 3.63) is 101 Å². The number of nitrogens with one attached hydrogen (secondary N) is 1. The molecular formula is C27H22N8O3S. The third kappa shape index (κ3) is 5.43. The number of nitrogens with zero attached hydrogens (tertiary/aromatic N) is 6. The first kappa shape index (κ1) is 25.5. The van der Waals surface area contributed by atoms with Crippen LogP contribution in [0.1, 0.15) is 17.1 Å². The highest BCUT2D eigenvalue weighted by atomic mass is 32.2. The number of anilines is 2. The molecule has 0 radical (unpaired) electrons. The number of aromatic nitrogens is 6. The van der Waals surface area contributed by atoms with Crippen LogP contribution >= 0.6 is 0 Å². The van der Waals surface area contributed by atoms with Crippen molar-refractivity contribution in [3.8, 4) is 17.5 Å². The van der Waals surface area contributed by atoms with E-state index in [4.69, 9.17) is 10.7 Å². The number of para-hydroxylation sites is 1. The van der Waals surface area contributed by atoms with Gasteiger partial charge in [-0.05, 0) is 30.2 Å². The predicted octanol–water partition coefficient (Wildman–Crippen LogP) is 2.01. The SMILES string of the molecule is CS(=O)(=O)c1cccc2nc(CCNc3ncnc(N)c3C#Cc3cnccn3)n(-c3ccccc3)c(=O)c12. The van der Waals surface area contributed by atoms with Crippen molar-refractivity contribution >= 4 is 32.4 Å². The monoisotopic (exact) mass is 538 g/mol. The molecule has 2 aromatic carbocycles. The second-order valence-corrected chi connectivity index (χ2v) is 10.4. The molecule has 194 valence electrons. The zero-order valence-electron chi connectivity index (χ0n) is 20.7. The minimum atomic E-state index is -3.66. The van der Waals surface area contributed by atoms with Crippen molar-refractivity contribution in [2.24, 2.45) is 0 Å². The van der Waals surface area contributed by atoms with Gasteiger partial charge in [0.25, 0.3) is 5.56 Å². The fourth-order valence-corrected chi connectivity index (χ4v) is 4.89. The molecule has 0 saturated carbocycles. The molecule has 0 aliphatic carbocycles. The Kier molecular flexibility index (Phi) is 6.98. The minimum absolute atomic E-state index is 0.0470. The lowest BCUT2D eigenvalue weighted by Crippen LogP contribution is -2.26. The molecule has 12 heteroatoms. The Labute approximate surface area is 223 Å². The molecule has 0 bridgehead atoms. The normalized spacial score (nSPS) is 11.1. The van der Waals surface area contributed by atoms with Crippen LogP contribution in [0.4, 0.5) is 11.6 Å². The number of nitrogen functional groups attached to an aromatic ring is 1. The Balaban J connectivity index is 1.52. The number of fused-ring (bicyclic) bond motifs is 1. The van der Waals surface area contributed by atoms with E-state index in [1.807, 2.05) is 6.07 Å². The molecule has 5 rings (SSSR count). The van der Waals surface area contributed by atoms with Gasteiger partial charge in [-0.3, -0.25) is 14.3 Å². The highest BCUT2D eigenvalue weighted by Crippen LogP contribution is 2.21. The molecule has 0 unspecified atom stereocenters. The van der Waals surface area contributed by atoms with Crippen LogP contribution in [-0.2, 0) is 16.3 Å². The maximum atomic E-state index is 13.7. The largest absolute Gasteiger partial charge is 0.382 e. The molecule has 0 aliphatic heterocycles. The van der Waals surface area contributed by atoms with Gasteiger partial charge < -0.3 is 11.1 Å². The Morgan fingerprint density at radius 1 is 1.00 bits per heavy atom. The van der Waals surface area contributed by atoms with Crippen molar-refractivity contribution in [1.29, 1.82) is 0 Å². The average Bonchev–Trinajstić information content (AvgIpc) is 2.93. The fourth-order valence-electron chi connectivity index (χ4n) is 4.01. The van der Waals surface area contributed by atoms with Gasteiger partial charge in [0.15, 0.2) is 9.84 Å². The molecule has 0 spiro atoms. The Hall–Kier alpha value is -5.15. The second-order valence-electron chi connectivity index (χ2n) is 8.43. The van der Waals surface area contributed by atoms with Crippen LogP contribution in [0.15, 0.2) is 83.1 Å². The average molecular weight is 539 g/mol. The molecule has 0 saturated heterocycles. The summed E-state index contributed by atoms with van der Waals surface area (Å²) in [6, 6.07) is 13.6. The molecule has 0 aliphatic rings. The quantitative estimate of drug-likeness (QED) is 0.306. The van der Waals surface area contributed by atoms with E-state index in [-0.39, 0.29) is 16.1 Å². The van der Waals surface area contributed by atoms with Crippen LogP contribution in [0.25, 0.3) is 16.6 Å². The van der Waals surface area contributed by atoms with Gasteiger partial charge in [-0.15, -0.1) is 0 Å². The number of hydrogen-bond acceptors (Lipinski definition) is 10. The molecular weight excluding hydrogens is 516 g/mol.